The zero-order chi connectivity index (χ0) is 16.2. The molecule has 6 heteroatoms. The van der Waals surface area contributed by atoms with Crippen LogP contribution >= 0.6 is 0 Å². The number of ether oxygens (including phenoxy) is 1. The van der Waals surface area contributed by atoms with Gasteiger partial charge >= 0.3 is 0 Å². The molecule has 6 nitrogen and oxygen atoms in total. The lowest BCUT2D eigenvalue weighted by Gasteiger charge is -2.20. The lowest BCUT2D eigenvalue weighted by molar-refractivity contribution is -0.122. The van der Waals surface area contributed by atoms with Crippen molar-refractivity contribution >= 4 is 16.8 Å². The number of hydrogen-bond donors (Lipinski definition) is 3. The fourth-order valence-electron chi connectivity index (χ4n) is 2.59. The van der Waals surface area contributed by atoms with Gasteiger partial charge < -0.3 is 20.1 Å². The van der Waals surface area contributed by atoms with Crippen LogP contribution in [0.4, 0.5) is 0 Å². The highest BCUT2D eigenvalue weighted by Crippen LogP contribution is 2.24. The first-order valence-corrected chi connectivity index (χ1v) is 7.96. The standard InChI is InChI=1S/C17H23N3O3/c1-20(10-17(22)19-12-5-6-12)9-13(21)11-23-16-4-2-3-15-14(16)7-8-18-15/h2-4,7-8,12-13,18,21H,5-6,9-11H2,1H3,(H,19,22). The highest BCUT2D eigenvalue weighted by Gasteiger charge is 2.23. The molecule has 23 heavy (non-hydrogen) atoms. The number of rotatable bonds is 8. The number of benzene rings is 1. The average Bonchev–Trinajstić information content (AvgIpc) is 3.17. The van der Waals surface area contributed by atoms with Gasteiger partial charge in [-0.05, 0) is 38.1 Å². The van der Waals surface area contributed by atoms with Gasteiger partial charge in [-0.1, -0.05) is 6.07 Å². The Hall–Kier alpha value is -2.05. The van der Waals surface area contributed by atoms with E-state index in [9.17, 15) is 9.90 Å². The third-order valence-corrected chi connectivity index (χ3v) is 3.86. The highest BCUT2D eigenvalue weighted by atomic mass is 16.5. The van der Waals surface area contributed by atoms with Crippen molar-refractivity contribution in [3.8, 4) is 5.75 Å². The van der Waals surface area contributed by atoms with Crippen molar-refractivity contribution in [1.29, 1.82) is 0 Å². The Morgan fingerprint density at radius 1 is 1.48 bits per heavy atom. The van der Waals surface area contributed by atoms with Crippen LogP contribution in [0.2, 0.25) is 0 Å². The van der Waals surface area contributed by atoms with Gasteiger partial charge in [-0.2, -0.15) is 0 Å². The molecule has 1 atom stereocenters. The van der Waals surface area contributed by atoms with Crippen LogP contribution in [0.3, 0.4) is 0 Å². The number of carbonyl (C=O) groups is 1. The van der Waals surface area contributed by atoms with Gasteiger partial charge in [0.15, 0.2) is 0 Å². The summed E-state index contributed by atoms with van der Waals surface area (Å²) in [4.78, 5) is 16.6. The first kappa shape index (κ1) is 15.8. The Labute approximate surface area is 135 Å². The number of amides is 1. The lowest BCUT2D eigenvalue weighted by atomic mass is 10.2. The number of aromatic nitrogens is 1. The number of nitrogens with one attached hydrogen (secondary N) is 2. The zero-order valence-electron chi connectivity index (χ0n) is 13.3. The van der Waals surface area contributed by atoms with Crippen LogP contribution in [-0.2, 0) is 4.79 Å². The van der Waals surface area contributed by atoms with Gasteiger partial charge in [-0.25, -0.2) is 0 Å². The molecule has 3 rings (SSSR count). The van der Waals surface area contributed by atoms with E-state index in [4.69, 9.17) is 4.74 Å². The predicted molar refractivity (Wildman–Crippen MR) is 88.5 cm³/mol. The Morgan fingerprint density at radius 2 is 2.30 bits per heavy atom. The minimum atomic E-state index is -0.650. The molecule has 1 saturated carbocycles. The van der Waals surface area contributed by atoms with Gasteiger partial charge in [-0.15, -0.1) is 0 Å². The number of aromatic amines is 1. The monoisotopic (exact) mass is 317 g/mol. The van der Waals surface area contributed by atoms with Crippen LogP contribution in [0.5, 0.6) is 5.75 Å². The van der Waals surface area contributed by atoms with Crippen molar-refractivity contribution in [3.63, 3.8) is 0 Å². The Kier molecular flexibility index (Phi) is 4.83. The van der Waals surface area contributed by atoms with Crippen molar-refractivity contribution in [1.82, 2.24) is 15.2 Å². The summed E-state index contributed by atoms with van der Waals surface area (Å²) in [5.41, 5.74) is 1.01. The maximum Gasteiger partial charge on any atom is 0.234 e. The molecule has 1 aromatic carbocycles. The van der Waals surface area contributed by atoms with Crippen LogP contribution in [0.1, 0.15) is 12.8 Å². The highest BCUT2D eigenvalue weighted by molar-refractivity contribution is 5.85. The number of hydrogen-bond acceptors (Lipinski definition) is 4. The molecular weight excluding hydrogens is 294 g/mol. The van der Waals surface area contributed by atoms with Crippen molar-refractivity contribution in [2.24, 2.45) is 0 Å². The minimum absolute atomic E-state index is 0.0141. The molecule has 1 aliphatic rings. The molecule has 1 unspecified atom stereocenters. The second kappa shape index (κ2) is 7.02. The summed E-state index contributed by atoms with van der Waals surface area (Å²) in [7, 11) is 1.82. The maximum absolute atomic E-state index is 11.7. The zero-order valence-corrected chi connectivity index (χ0v) is 13.3. The lowest BCUT2D eigenvalue weighted by Crippen LogP contribution is -2.40. The molecule has 1 aliphatic carbocycles. The van der Waals surface area contributed by atoms with E-state index < -0.39 is 6.10 Å². The predicted octanol–water partition coefficient (Wildman–Crippen LogP) is 1.12. The molecule has 1 fully saturated rings. The molecule has 0 spiro atoms. The summed E-state index contributed by atoms with van der Waals surface area (Å²) in [6.45, 7) is 0.876. The molecule has 1 amide bonds. The minimum Gasteiger partial charge on any atom is -0.490 e. The fraction of sp³-hybridized carbons (Fsp3) is 0.471. The second-order valence-electron chi connectivity index (χ2n) is 6.20. The first-order chi connectivity index (χ1) is 11.1. The summed E-state index contributed by atoms with van der Waals surface area (Å²) >= 11 is 0. The van der Waals surface area contributed by atoms with E-state index in [2.05, 4.69) is 10.3 Å². The summed E-state index contributed by atoms with van der Waals surface area (Å²) in [5.74, 6) is 0.761. The molecule has 124 valence electrons. The summed E-state index contributed by atoms with van der Waals surface area (Å²) in [5, 5.41) is 14.0. The second-order valence-corrected chi connectivity index (χ2v) is 6.20. The van der Waals surface area contributed by atoms with Crippen molar-refractivity contribution in [2.75, 3.05) is 26.7 Å². The Morgan fingerprint density at radius 3 is 3.09 bits per heavy atom. The van der Waals surface area contributed by atoms with E-state index in [0.29, 0.717) is 19.1 Å². The summed E-state index contributed by atoms with van der Waals surface area (Å²) < 4.78 is 5.72. The number of aliphatic hydroxyl groups excluding tert-OH is 1. The Balaban J connectivity index is 1.44. The molecule has 1 aromatic heterocycles. The molecule has 0 radical (unpaired) electrons. The number of H-pyrrole nitrogens is 1. The fourth-order valence-corrected chi connectivity index (χ4v) is 2.59. The number of aliphatic hydroxyl groups is 1. The van der Waals surface area contributed by atoms with E-state index in [1.165, 1.54) is 0 Å². The molecular formula is C17H23N3O3. The Bertz CT molecular complexity index is 666. The third kappa shape index (κ3) is 4.46. The molecule has 3 N–H and O–H groups in total. The van der Waals surface area contributed by atoms with Gasteiger partial charge in [0.1, 0.15) is 18.5 Å². The van der Waals surface area contributed by atoms with Gasteiger partial charge in [-0.3, -0.25) is 9.69 Å². The van der Waals surface area contributed by atoms with E-state index in [-0.39, 0.29) is 12.5 Å². The van der Waals surface area contributed by atoms with Crippen LogP contribution in [0.15, 0.2) is 30.5 Å². The van der Waals surface area contributed by atoms with Crippen molar-refractivity contribution in [3.05, 3.63) is 30.5 Å². The number of fused-ring (bicyclic) bond motifs is 1. The number of likely N-dealkylation sites (N-methyl/N-ethyl adjacent to an activating group) is 1. The van der Waals surface area contributed by atoms with Gasteiger partial charge in [0.25, 0.3) is 0 Å². The van der Waals surface area contributed by atoms with E-state index in [1.807, 2.05) is 42.4 Å². The summed E-state index contributed by atoms with van der Waals surface area (Å²) in [6, 6.07) is 8.09. The van der Waals surface area contributed by atoms with Crippen LogP contribution in [0, 0.1) is 0 Å². The molecule has 0 aliphatic heterocycles. The molecule has 0 saturated heterocycles. The largest absolute Gasteiger partial charge is 0.490 e. The number of carbonyl (C=O) groups excluding carboxylic acids is 1. The van der Waals surface area contributed by atoms with Gasteiger partial charge in [0, 0.05) is 29.7 Å². The molecule has 1 heterocycles. The topological polar surface area (TPSA) is 77.6 Å². The average molecular weight is 317 g/mol. The van der Waals surface area contributed by atoms with E-state index in [0.717, 1.165) is 29.5 Å². The van der Waals surface area contributed by atoms with Crippen LogP contribution < -0.4 is 10.1 Å². The van der Waals surface area contributed by atoms with Crippen LogP contribution in [-0.4, -0.2) is 59.8 Å². The van der Waals surface area contributed by atoms with E-state index in [1.54, 1.807) is 0 Å². The number of nitrogens with zero attached hydrogens (tertiary/aromatic N) is 1. The van der Waals surface area contributed by atoms with Crippen molar-refractivity contribution in [2.45, 2.75) is 25.0 Å². The first-order valence-electron chi connectivity index (χ1n) is 7.96. The van der Waals surface area contributed by atoms with E-state index >= 15 is 0 Å². The maximum atomic E-state index is 11.7. The van der Waals surface area contributed by atoms with Gasteiger partial charge in [0.05, 0.1) is 6.54 Å². The quantitative estimate of drug-likeness (QED) is 0.682. The molecule has 0 bridgehead atoms. The van der Waals surface area contributed by atoms with Crippen LogP contribution in [0.25, 0.3) is 10.9 Å². The van der Waals surface area contributed by atoms with Crippen molar-refractivity contribution < 1.29 is 14.6 Å². The third-order valence-electron chi connectivity index (χ3n) is 3.86. The normalized spacial score (nSPS) is 15.8. The SMILES string of the molecule is CN(CC(=O)NC1CC1)CC(O)COc1cccc2[nH]ccc12. The molecule has 2 aromatic rings. The van der Waals surface area contributed by atoms with Gasteiger partial charge in [0.2, 0.25) is 5.91 Å². The summed E-state index contributed by atoms with van der Waals surface area (Å²) in [6.07, 6.45) is 3.37. The smallest absolute Gasteiger partial charge is 0.234 e.